The summed E-state index contributed by atoms with van der Waals surface area (Å²) in [6.07, 6.45) is 1.64. The van der Waals surface area contributed by atoms with Gasteiger partial charge in [0, 0.05) is 23.5 Å². The van der Waals surface area contributed by atoms with Crippen molar-refractivity contribution >= 4 is 17.5 Å². The Labute approximate surface area is 219 Å². The molecular formula is C29H27FN4O2S. The zero-order valence-corrected chi connectivity index (χ0v) is 21.8. The number of benzene rings is 2. The number of nitrogens with zero attached hydrogens (tertiary/aromatic N) is 4. The van der Waals surface area contributed by atoms with Crippen LogP contribution in [0.5, 0.6) is 0 Å². The summed E-state index contributed by atoms with van der Waals surface area (Å²) < 4.78 is 22.9. The van der Waals surface area contributed by atoms with E-state index in [4.69, 9.17) is 4.42 Å². The Morgan fingerprint density at radius 2 is 1.62 bits per heavy atom. The van der Waals surface area contributed by atoms with Gasteiger partial charge in [0.15, 0.2) is 16.8 Å². The van der Waals surface area contributed by atoms with Gasteiger partial charge in [-0.25, -0.2) is 4.39 Å². The summed E-state index contributed by atoms with van der Waals surface area (Å²) in [6.45, 7) is 6.99. The van der Waals surface area contributed by atoms with E-state index >= 15 is 0 Å². The van der Waals surface area contributed by atoms with Gasteiger partial charge in [0.25, 0.3) is 0 Å². The van der Waals surface area contributed by atoms with Crippen molar-refractivity contribution in [2.75, 3.05) is 5.75 Å². The van der Waals surface area contributed by atoms with Crippen molar-refractivity contribution in [1.29, 1.82) is 0 Å². The van der Waals surface area contributed by atoms with Gasteiger partial charge in [-0.2, -0.15) is 0 Å². The second kappa shape index (κ2) is 10.6. The number of Topliss-reactive ketones (excluding diaryl/α,β-unsaturated/α-hetero) is 1. The summed E-state index contributed by atoms with van der Waals surface area (Å²) in [5, 5.41) is 9.55. The van der Waals surface area contributed by atoms with Gasteiger partial charge in [-0.15, -0.1) is 10.2 Å². The molecule has 0 fully saturated rings. The Morgan fingerprint density at radius 3 is 2.32 bits per heavy atom. The van der Waals surface area contributed by atoms with Crippen LogP contribution in [0.3, 0.4) is 0 Å². The largest absolute Gasteiger partial charge is 0.469 e. The number of ketones is 1. The van der Waals surface area contributed by atoms with Crippen molar-refractivity contribution in [3.05, 3.63) is 113 Å². The molecule has 3 aromatic heterocycles. The van der Waals surface area contributed by atoms with E-state index in [2.05, 4.69) is 26.9 Å². The lowest BCUT2D eigenvalue weighted by molar-refractivity contribution is 0.102. The minimum Gasteiger partial charge on any atom is -0.469 e. The fourth-order valence-corrected chi connectivity index (χ4v) is 5.25. The molecule has 0 aliphatic rings. The molecule has 3 heterocycles. The van der Waals surface area contributed by atoms with Gasteiger partial charge < -0.3 is 8.98 Å². The zero-order chi connectivity index (χ0) is 25.9. The number of aromatic nitrogens is 4. The van der Waals surface area contributed by atoms with Crippen LogP contribution in [-0.2, 0) is 13.1 Å². The number of rotatable bonds is 9. The van der Waals surface area contributed by atoms with E-state index < -0.39 is 0 Å². The lowest BCUT2D eigenvalue weighted by atomic mass is 10.2. The monoisotopic (exact) mass is 514 g/mol. The molecule has 0 radical (unpaired) electrons. The first-order chi connectivity index (χ1) is 17.9. The van der Waals surface area contributed by atoms with Crippen LogP contribution in [-0.4, -0.2) is 30.9 Å². The maximum atomic E-state index is 13.3. The predicted octanol–water partition coefficient (Wildman–Crippen LogP) is 6.48. The first-order valence-electron chi connectivity index (χ1n) is 12.0. The van der Waals surface area contributed by atoms with Crippen LogP contribution in [0.15, 0.2) is 82.6 Å². The molecule has 5 aromatic rings. The minimum absolute atomic E-state index is 0.0266. The predicted molar refractivity (Wildman–Crippen MR) is 142 cm³/mol. The van der Waals surface area contributed by atoms with Gasteiger partial charge in [0.05, 0.1) is 24.1 Å². The highest BCUT2D eigenvalue weighted by molar-refractivity contribution is 7.99. The van der Waals surface area contributed by atoms with Crippen molar-refractivity contribution in [3.63, 3.8) is 0 Å². The summed E-state index contributed by atoms with van der Waals surface area (Å²) in [6, 6.07) is 20.4. The van der Waals surface area contributed by atoms with Gasteiger partial charge in [0.2, 0.25) is 0 Å². The van der Waals surface area contributed by atoms with Crippen molar-refractivity contribution in [1.82, 2.24) is 19.3 Å². The highest BCUT2D eigenvalue weighted by Crippen LogP contribution is 2.29. The van der Waals surface area contributed by atoms with E-state index in [1.807, 2.05) is 55.7 Å². The molecule has 5 rings (SSSR count). The molecule has 0 saturated heterocycles. The Hall–Kier alpha value is -3.91. The molecule has 0 unspecified atom stereocenters. The smallest absolute Gasteiger partial charge is 0.192 e. The SMILES string of the molecule is Cc1occc1-c1nnc(SCC(=O)c2cc(C)n(Cc3ccc(F)cc3)c2C)n1Cc1ccccc1. The van der Waals surface area contributed by atoms with Crippen LogP contribution in [0.4, 0.5) is 4.39 Å². The second-order valence-electron chi connectivity index (χ2n) is 8.98. The highest BCUT2D eigenvalue weighted by Gasteiger charge is 2.21. The maximum absolute atomic E-state index is 13.3. The molecule has 8 heteroatoms. The summed E-state index contributed by atoms with van der Waals surface area (Å²) in [5.74, 6) is 1.48. The van der Waals surface area contributed by atoms with E-state index in [9.17, 15) is 9.18 Å². The number of halogens is 1. The minimum atomic E-state index is -0.260. The quantitative estimate of drug-likeness (QED) is 0.166. The van der Waals surface area contributed by atoms with Crippen LogP contribution >= 0.6 is 11.8 Å². The van der Waals surface area contributed by atoms with Crippen LogP contribution in [0.25, 0.3) is 11.4 Å². The standard InChI is InChI=1S/C29H27FN4O2S/c1-19-15-26(20(2)33(19)16-23-9-11-24(30)12-10-23)27(35)18-37-29-32-31-28(25-13-14-36-21(25)3)34(29)17-22-7-5-4-6-8-22/h4-15H,16-18H2,1-3H3. The second-order valence-corrected chi connectivity index (χ2v) is 9.92. The molecule has 0 saturated carbocycles. The summed E-state index contributed by atoms with van der Waals surface area (Å²) in [5.41, 5.74) is 5.54. The Morgan fingerprint density at radius 1 is 0.919 bits per heavy atom. The average Bonchev–Trinajstić information content (AvgIpc) is 3.57. The number of carbonyl (C=O) groups excluding carboxylic acids is 1. The number of carbonyl (C=O) groups is 1. The Balaban J connectivity index is 1.37. The van der Waals surface area contributed by atoms with Crippen molar-refractivity contribution < 1.29 is 13.6 Å². The third-order valence-corrected chi connectivity index (χ3v) is 7.43. The van der Waals surface area contributed by atoms with E-state index in [-0.39, 0.29) is 17.4 Å². The molecule has 0 aliphatic heterocycles. The highest BCUT2D eigenvalue weighted by atomic mass is 32.2. The molecule has 6 nitrogen and oxygen atoms in total. The summed E-state index contributed by atoms with van der Waals surface area (Å²) in [4.78, 5) is 13.3. The van der Waals surface area contributed by atoms with Crippen molar-refractivity contribution in [3.8, 4) is 11.4 Å². The van der Waals surface area contributed by atoms with Crippen LogP contribution in [0.2, 0.25) is 0 Å². The molecule has 0 amide bonds. The van der Waals surface area contributed by atoms with Crippen LogP contribution in [0, 0.1) is 26.6 Å². The zero-order valence-electron chi connectivity index (χ0n) is 20.9. The lowest BCUT2D eigenvalue weighted by Gasteiger charge is -2.11. The topological polar surface area (TPSA) is 65.8 Å². The van der Waals surface area contributed by atoms with E-state index in [1.54, 1.807) is 18.4 Å². The van der Waals surface area contributed by atoms with E-state index in [0.29, 0.717) is 29.6 Å². The van der Waals surface area contributed by atoms with Gasteiger partial charge >= 0.3 is 0 Å². The first-order valence-corrected chi connectivity index (χ1v) is 13.0. The Bertz CT molecular complexity index is 1530. The number of aryl methyl sites for hydroxylation is 2. The summed E-state index contributed by atoms with van der Waals surface area (Å²) in [7, 11) is 0. The van der Waals surface area contributed by atoms with E-state index in [1.165, 1.54) is 23.9 Å². The van der Waals surface area contributed by atoms with Crippen molar-refractivity contribution in [2.45, 2.75) is 39.0 Å². The van der Waals surface area contributed by atoms with E-state index in [0.717, 1.165) is 33.8 Å². The molecule has 0 N–H and O–H groups in total. The number of hydrogen-bond acceptors (Lipinski definition) is 5. The van der Waals surface area contributed by atoms with Crippen LogP contribution < -0.4 is 0 Å². The number of hydrogen-bond donors (Lipinski definition) is 0. The fraction of sp³-hybridized carbons (Fsp3) is 0.207. The molecule has 0 spiro atoms. The van der Waals surface area contributed by atoms with Crippen molar-refractivity contribution in [2.24, 2.45) is 0 Å². The fourth-order valence-electron chi connectivity index (χ4n) is 4.43. The molecule has 0 bridgehead atoms. The average molecular weight is 515 g/mol. The van der Waals surface area contributed by atoms with Gasteiger partial charge in [-0.1, -0.05) is 54.2 Å². The normalized spacial score (nSPS) is 11.2. The first kappa shape index (κ1) is 24.8. The van der Waals surface area contributed by atoms with Gasteiger partial charge in [0.1, 0.15) is 11.6 Å². The molecular weight excluding hydrogens is 487 g/mol. The molecule has 2 aromatic carbocycles. The third kappa shape index (κ3) is 5.29. The Kier molecular flexibility index (Phi) is 7.10. The number of thioether (sulfide) groups is 1. The van der Waals surface area contributed by atoms with Crippen LogP contribution in [0.1, 0.15) is 38.6 Å². The molecule has 0 atom stereocenters. The molecule has 0 aliphatic carbocycles. The third-order valence-electron chi connectivity index (χ3n) is 6.46. The lowest BCUT2D eigenvalue weighted by Crippen LogP contribution is -2.09. The summed E-state index contributed by atoms with van der Waals surface area (Å²) >= 11 is 1.38. The van der Waals surface area contributed by atoms with Gasteiger partial charge in [-0.05, 0) is 56.2 Å². The molecule has 188 valence electrons. The number of furan rings is 1. The maximum Gasteiger partial charge on any atom is 0.192 e. The molecule has 37 heavy (non-hydrogen) atoms. The van der Waals surface area contributed by atoms with Gasteiger partial charge in [-0.3, -0.25) is 9.36 Å².